The first-order valence-corrected chi connectivity index (χ1v) is 8.27. The number of carboxylic acids is 1. The fourth-order valence-electron chi connectivity index (χ4n) is 4.22. The van der Waals surface area contributed by atoms with Crippen molar-refractivity contribution in [2.45, 2.75) is 32.2 Å². The van der Waals surface area contributed by atoms with Crippen LogP contribution in [0.1, 0.15) is 35.3 Å². The maximum atomic E-state index is 12.9. The van der Waals surface area contributed by atoms with Gasteiger partial charge in [-0.25, -0.2) is 0 Å². The second kappa shape index (κ2) is 5.33. The molecule has 1 aromatic heterocycles. The Bertz CT molecular complexity index is 656. The number of carbonyl (C=O) groups is 2. The molecule has 7 nitrogen and oxygen atoms in total. The molecule has 4 heterocycles. The predicted octanol–water partition coefficient (Wildman–Crippen LogP) is 0.783. The molecule has 2 fully saturated rings. The van der Waals surface area contributed by atoms with E-state index in [1.54, 1.807) is 11.1 Å². The quantitative estimate of drug-likeness (QED) is 0.871. The van der Waals surface area contributed by atoms with Gasteiger partial charge < -0.3 is 14.7 Å². The van der Waals surface area contributed by atoms with Gasteiger partial charge in [0.05, 0.1) is 29.5 Å². The predicted molar refractivity (Wildman–Crippen MR) is 80.1 cm³/mol. The Labute approximate surface area is 134 Å². The molecule has 23 heavy (non-hydrogen) atoms. The topological polar surface area (TPSA) is 84.7 Å². The number of nitrogens with zero attached hydrogens (tertiary/aromatic N) is 3. The second-order valence-corrected chi connectivity index (χ2v) is 6.85. The van der Waals surface area contributed by atoms with E-state index < -0.39 is 11.4 Å². The van der Waals surface area contributed by atoms with Crippen molar-refractivity contribution in [2.24, 2.45) is 11.3 Å². The highest BCUT2D eigenvalue weighted by Gasteiger charge is 2.55. The minimum absolute atomic E-state index is 0.0804. The van der Waals surface area contributed by atoms with Crippen molar-refractivity contribution >= 4 is 11.9 Å². The van der Waals surface area contributed by atoms with Gasteiger partial charge in [0.15, 0.2) is 0 Å². The summed E-state index contributed by atoms with van der Waals surface area (Å²) in [6.45, 7) is 2.46. The van der Waals surface area contributed by atoms with Crippen molar-refractivity contribution in [3.8, 4) is 0 Å². The van der Waals surface area contributed by atoms with Gasteiger partial charge in [-0.15, -0.1) is 0 Å². The van der Waals surface area contributed by atoms with E-state index in [4.69, 9.17) is 4.74 Å². The zero-order chi connectivity index (χ0) is 16.0. The highest BCUT2D eigenvalue weighted by molar-refractivity contribution is 5.96. The van der Waals surface area contributed by atoms with Gasteiger partial charge in [0, 0.05) is 32.2 Å². The molecule has 0 unspecified atom stereocenters. The molecule has 0 radical (unpaired) electrons. The highest BCUT2D eigenvalue weighted by atomic mass is 16.5. The Hall–Kier alpha value is -1.89. The molecule has 0 spiro atoms. The first-order valence-electron chi connectivity index (χ1n) is 8.27. The van der Waals surface area contributed by atoms with Gasteiger partial charge in [-0.3, -0.25) is 14.3 Å². The number of aryl methyl sites for hydroxylation is 1. The molecule has 1 N–H and O–H groups in total. The molecule has 0 saturated carbocycles. The van der Waals surface area contributed by atoms with Crippen molar-refractivity contribution in [1.29, 1.82) is 0 Å². The van der Waals surface area contributed by atoms with Crippen LogP contribution in [0.4, 0.5) is 0 Å². The Balaban J connectivity index is 1.60. The van der Waals surface area contributed by atoms with Gasteiger partial charge in [0.2, 0.25) is 0 Å². The number of hydrogen-bond acceptors (Lipinski definition) is 4. The molecule has 2 atom stereocenters. The molecule has 0 aromatic carbocycles. The van der Waals surface area contributed by atoms with Crippen LogP contribution in [-0.2, 0) is 22.5 Å². The maximum Gasteiger partial charge on any atom is 0.311 e. The number of carbonyl (C=O) groups excluding carboxylic acids is 1. The summed E-state index contributed by atoms with van der Waals surface area (Å²) in [4.78, 5) is 26.5. The number of amides is 1. The van der Waals surface area contributed by atoms with E-state index in [1.165, 1.54) is 0 Å². The van der Waals surface area contributed by atoms with Crippen molar-refractivity contribution < 1.29 is 19.4 Å². The Morgan fingerprint density at radius 3 is 3.04 bits per heavy atom. The third kappa shape index (κ3) is 2.17. The third-order valence-corrected chi connectivity index (χ3v) is 5.63. The van der Waals surface area contributed by atoms with Crippen molar-refractivity contribution in [1.82, 2.24) is 14.7 Å². The monoisotopic (exact) mass is 319 g/mol. The standard InChI is InChI=1S/C16H21N3O4/c20-14(12-7-17-19-5-2-1-3-13(12)19)18-8-11-9-23-6-4-16(11,10-18)15(21)22/h7,11H,1-6,8-10H2,(H,21,22)/t11-,16+/m0/s1. The summed E-state index contributed by atoms with van der Waals surface area (Å²) in [5, 5.41) is 14.0. The number of ether oxygens (including phenoxy) is 1. The smallest absolute Gasteiger partial charge is 0.311 e. The number of rotatable bonds is 2. The first-order chi connectivity index (χ1) is 11.1. The van der Waals surface area contributed by atoms with E-state index >= 15 is 0 Å². The van der Waals surface area contributed by atoms with E-state index in [-0.39, 0.29) is 18.4 Å². The van der Waals surface area contributed by atoms with E-state index in [2.05, 4.69) is 5.10 Å². The Morgan fingerprint density at radius 1 is 1.39 bits per heavy atom. The van der Waals surface area contributed by atoms with Crippen LogP contribution in [0.5, 0.6) is 0 Å². The zero-order valence-electron chi connectivity index (χ0n) is 13.0. The van der Waals surface area contributed by atoms with Gasteiger partial charge in [0.1, 0.15) is 0 Å². The Morgan fingerprint density at radius 2 is 2.26 bits per heavy atom. The maximum absolute atomic E-state index is 12.9. The van der Waals surface area contributed by atoms with Crippen molar-refractivity contribution in [3.05, 3.63) is 17.5 Å². The Kier molecular flexibility index (Phi) is 3.41. The fraction of sp³-hybridized carbons (Fsp3) is 0.688. The number of carboxylic acid groups (broad SMARTS) is 1. The molecule has 3 aliphatic heterocycles. The molecule has 0 bridgehead atoms. The molecule has 124 valence electrons. The lowest BCUT2D eigenvalue weighted by Crippen LogP contribution is -2.45. The van der Waals surface area contributed by atoms with Crippen molar-refractivity contribution in [3.63, 3.8) is 0 Å². The van der Waals surface area contributed by atoms with Gasteiger partial charge in [-0.1, -0.05) is 0 Å². The number of aliphatic carboxylic acids is 1. The fourth-order valence-corrected chi connectivity index (χ4v) is 4.22. The summed E-state index contributed by atoms with van der Waals surface area (Å²) in [7, 11) is 0. The summed E-state index contributed by atoms with van der Waals surface area (Å²) in [5.74, 6) is -1.01. The normalized spacial score (nSPS) is 29.9. The summed E-state index contributed by atoms with van der Waals surface area (Å²) in [6.07, 6.45) is 5.15. The molecule has 4 rings (SSSR count). The second-order valence-electron chi connectivity index (χ2n) is 6.85. The summed E-state index contributed by atoms with van der Waals surface area (Å²) in [6, 6.07) is 0. The summed E-state index contributed by atoms with van der Waals surface area (Å²) < 4.78 is 7.36. The van der Waals surface area contributed by atoms with Crippen LogP contribution in [0.25, 0.3) is 0 Å². The molecular weight excluding hydrogens is 298 g/mol. The molecular formula is C16H21N3O4. The van der Waals surface area contributed by atoms with E-state index in [0.29, 0.717) is 31.7 Å². The van der Waals surface area contributed by atoms with Gasteiger partial charge in [0.25, 0.3) is 5.91 Å². The van der Waals surface area contributed by atoms with Crippen LogP contribution in [0.15, 0.2) is 6.20 Å². The van der Waals surface area contributed by atoms with Gasteiger partial charge in [-0.05, 0) is 25.7 Å². The van der Waals surface area contributed by atoms with Crippen LogP contribution < -0.4 is 0 Å². The summed E-state index contributed by atoms with van der Waals surface area (Å²) >= 11 is 0. The average Bonchev–Trinajstić information content (AvgIpc) is 3.16. The van der Waals surface area contributed by atoms with E-state index in [9.17, 15) is 14.7 Å². The first kappa shape index (κ1) is 14.7. The largest absolute Gasteiger partial charge is 0.481 e. The molecule has 7 heteroatoms. The van der Waals surface area contributed by atoms with Crippen LogP contribution >= 0.6 is 0 Å². The number of aromatic nitrogens is 2. The van der Waals surface area contributed by atoms with Crippen LogP contribution in [0, 0.1) is 11.3 Å². The van der Waals surface area contributed by atoms with Gasteiger partial charge >= 0.3 is 5.97 Å². The molecule has 3 aliphatic rings. The number of likely N-dealkylation sites (tertiary alicyclic amines) is 1. The zero-order valence-corrected chi connectivity index (χ0v) is 13.0. The highest BCUT2D eigenvalue weighted by Crippen LogP contribution is 2.43. The SMILES string of the molecule is O=C(c1cnn2c1CCCC2)N1C[C@H]2COCC[C@@]2(C(=O)O)C1. The molecule has 0 aliphatic carbocycles. The average molecular weight is 319 g/mol. The van der Waals surface area contributed by atoms with Crippen LogP contribution in [0.2, 0.25) is 0 Å². The minimum atomic E-state index is -0.846. The molecule has 1 amide bonds. The van der Waals surface area contributed by atoms with Crippen LogP contribution in [-0.4, -0.2) is 58.0 Å². The summed E-state index contributed by atoms with van der Waals surface area (Å²) in [5.41, 5.74) is 0.794. The third-order valence-electron chi connectivity index (χ3n) is 5.63. The lowest BCUT2D eigenvalue weighted by Gasteiger charge is -2.33. The van der Waals surface area contributed by atoms with E-state index in [0.717, 1.165) is 31.5 Å². The van der Waals surface area contributed by atoms with Crippen molar-refractivity contribution in [2.75, 3.05) is 26.3 Å². The molecule has 2 saturated heterocycles. The van der Waals surface area contributed by atoms with Gasteiger partial charge in [-0.2, -0.15) is 5.10 Å². The number of hydrogen-bond donors (Lipinski definition) is 1. The molecule has 1 aromatic rings. The van der Waals surface area contributed by atoms with Crippen LogP contribution in [0.3, 0.4) is 0 Å². The van der Waals surface area contributed by atoms with E-state index in [1.807, 2.05) is 4.68 Å². The lowest BCUT2D eigenvalue weighted by atomic mass is 9.74. The lowest BCUT2D eigenvalue weighted by molar-refractivity contribution is -0.157. The minimum Gasteiger partial charge on any atom is -0.481 e. The number of fused-ring (bicyclic) bond motifs is 2.